The molecule has 4 rings (SSSR count). The summed E-state index contributed by atoms with van der Waals surface area (Å²) in [5.41, 5.74) is 5.47. The number of hydrogen-bond donors (Lipinski definition) is 0. The normalized spacial score (nSPS) is 11.1. The molecule has 0 spiro atoms. The lowest BCUT2D eigenvalue weighted by Gasteiger charge is -2.12. The SMILES string of the molecule is Cc1cccc(-c2nc3ccccc3n2CCOc2ccc(Cl)c(C)c2)c1. The van der Waals surface area contributed by atoms with Crippen LogP contribution in [0.3, 0.4) is 0 Å². The monoisotopic (exact) mass is 376 g/mol. The summed E-state index contributed by atoms with van der Waals surface area (Å²) in [5.74, 6) is 1.80. The molecule has 136 valence electrons. The van der Waals surface area contributed by atoms with E-state index in [0.717, 1.165) is 38.8 Å². The van der Waals surface area contributed by atoms with Crippen LogP contribution in [0.2, 0.25) is 5.02 Å². The molecule has 0 N–H and O–H groups in total. The van der Waals surface area contributed by atoms with Crippen molar-refractivity contribution < 1.29 is 4.74 Å². The molecule has 0 atom stereocenters. The van der Waals surface area contributed by atoms with Crippen LogP contribution in [-0.2, 0) is 6.54 Å². The molecule has 0 fully saturated rings. The highest BCUT2D eigenvalue weighted by atomic mass is 35.5. The second kappa shape index (κ2) is 7.45. The summed E-state index contributed by atoms with van der Waals surface area (Å²) in [6.45, 7) is 5.35. The summed E-state index contributed by atoms with van der Waals surface area (Å²) in [5, 5.41) is 0.754. The molecule has 0 aliphatic heterocycles. The van der Waals surface area contributed by atoms with Gasteiger partial charge in [0.1, 0.15) is 18.2 Å². The van der Waals surface area contributed by atoms with Crippen molar-refractivity contribution in [3.05, 3.63) is 82.9 Å². The van der Waals surface area contributed by atoms with Crippen molar-refractivity contribution in [2.24, 2.45) is 0 Å². The fourth-order valence-corrected chi connectivity index (χ4v) is 3.39. The molecule has 0 bridgehead atoms. The molecular weight excluding hydrogens is 356 g/mol. The maximum absolute atomic E-state index is 6.09. The number of nitrogens with zero attached hydrogens (tertiary/aromatic N) is 2. The molecular formula is C23H21ClN2O. The first-order valence-electron chi connectivity index (χ1n) is 9.03. The second-order valence-electron chi connectivity index (χ2n) is 6.70. The van der Waals surface area contributed by atoms with Crippen LogP contribution < -0.4 is 4.74 Å². The second-order valence-corrected chi connectivity index (χ2v) is 7.11. The van der Waals surface area contributed by atoms with E-state index in [9.17, 15) is 0 Å². The highest BCUT2D eigenvalue weighted by molar-refractivity contribution is 6.31. The molecule has 0 amide bonds. The van der Waals surface area contributed by atoms with E-state index in [2.05, 4.69) is 47.9 Å². The number of fused-ring (bicyclic) bond motifs is 1. The maximum atomic E-state index is 6.09. The van der Waals surface area contributed by atoms with Gasteiger partial charge in [-0.15, -0.1) is 0 Å². The summed E-state index contributed by atoms with van der Waals surface area (Å²) >= 11 is 6.09. The van der Waals surface area contributed by atoms with E-state index in [1.807, 2.05) is 37.3 Å². The molecule has 4 heteroatoms. The molecule has 0 aliphatic rings. The Hall–Kier alpha value is -2.78. The molecule has 3 nitrogen and oxygen atoms in total. The van der Waals surface area contributed by atoms with Crippen LogP contribution >= 0.6 is 11.6 Å². The van der Waals surface area contributed by atoms with Gasteiger partial charge in [0, 0.05) is 10.6 Å². The smallest absolute Gasteiger partial charge is 0.141 e. The van der Waals surface area contributed by atoms with Crippen molar-refractivity contribution in [2.75, 3.05) is 6.61 Å². The third kappa shape index (κ3) is 3.69. The highest BCUT2D eigenvalue weighted by Gasteiger charge is 2.12. The van der Waals surface area contributed by atoms with Gasteiger partial charge in [-0.2, -0.15) is 0 Å². The minimum absolute atomic E-state index is 0.556. The summed E-state index contributed by atoms with van der Waals surface area (Å²) in [4.78, 5) is 4.87. The molecule has 0 radical (unpaired) electrons. The van der Waals surface area contributed by atoms with Crippen LogP contribution in [0.25, 0.3) is 22.4 Å². The van der Waals surface area contributed by atoms with E-state index in [0.29, 0.717) is 13.2 Å². The van der Waals surface area contributed by atoms with Crippen molar-refractivity contribution in [2.45, 2.75) is 20.4 Å². The fraction of sp³-hybridized carbons (Fsp3) is 0.174. The average molecular weight is 377 g/mol. The van der Waals surface area contributed by atoms with Gasteiger partial charge in [0.05, 0.1) is 17.6 Å². The van der Waals surface area contributed by atoms with Gasteiger partial charge in [0.15, 0.2) is 0 Å². The van der Waals surface area contributed by atoms with Crippen LogP contribution in [0.4, 0.5) is 0 Å². The topological polar surface area (TPSA) is 27.1 Å². The molecule has 1 aromatic heterocycles. The third-order valence-electron chi connectivity index (χ3n) is 4.64. The molecule has 0 saturated carbocycles. The zero-order valence-corrected chi connectivity index (χ0v) is 16.2. The van der Waals surface area contributed by atoms with E-state index >= 15 is 0 Å². The number of para-hydroxylation sites is 2. The van der Waals surface area contributed by atoms with Crippen molar-refractivity contribution in [3.8, 4) is 17.1 Å². The number of imidazole rings is 1. The first-order valence-corrected chi connectivity index (χ1v) is 9.41. The van der Waals surface area contributed by atoms with E-state index in [4.69, 9.17) is 21.3 Å². The van der Waals surface area contributed by atoms with Crippen LogP contribution in [0, 0.1) is 13.8 Å². The predicted molar refractivity (Wildman–Crippen MR) is 112 cm³/mol. The fourth-order valence-electron chi connectivity index (χ4n) is 3.27. The Kier molecular flexibility index (Phi) is 4.87. The largest absolute Gasteiger partial charge is 0.492 e. The molecule has 1 heterocycles. The Morgan fingerprint density at radius 3 is 2.63 bits per heavy atom. The number of aryl methyl sites for hydroxylation is 2. The highest BCUT2D eigenvalue weighted by Crippen LogP contribution is 2.26. The number of rotatable bonds is 5. The molecule has 27 heavy (non-hydrogen) atoms. The van der Waals surface area contributed by atoms with Gasteiger partial charge < -0.3 is 9.30 Å². The van der Waals surface area contributed by atoms with Gasteiger partial charge in [-0.1, -0.05) is 47.5 Å². The van der Waals surface area contributed by atoms with Crippen molar-refractivity contribution in [3.63, 3.8) is 0 Å². The molecule has 0 aliphatic carbocycles. The van der Waals surface area contributed by atoms with E-state index < -0.39 is 0 Å². The standard InChI is InChI=1S/C23H21ClN2O/c1-16-6-5-7-18(14-16)23-25-21-8-3-4-9-22(21)26(23)12-13-27-19-10-11-20(24)17(2)15-19/h3-11,14-15H,12-13H2,1-2H3. The lowest BCUT2D eigenvalue weighted by Crippen LogP contribution is -2.09. The molecule has 4 aromatic rings. The van der Waals surface area contributed by atoms with Crippen molar-refractivity contribution in [1.82, 2.24) is 9.55 Å². The molecule has 0 saturated heterocycles. The van der Waals surface area contributed by atoms with Gasteiger partial charge in [0.25, 0.3) is 0 Å². The average Bonchev–Trinajstić information content (AvgIpc) is 3.03. The number of ether oxygens (including phenoxy) is 1. The minimum atomic E-state index is 0.556. The molecule has 3 aromatic carbocycles. The Labute approximate surface area is 164 Å². The number of halogens is 1. The quantitative estimate of drug-likeness (QED) is 0.423. The zero-order chi connectivity index (χ0) is 18.8. The summed E-state index contributed by atoms with van der Waals surface area (Å²) in [6.07, 6.45) is 0. The van der Waals surface area contributed by atoms with Gasteiger partial charge >= 0.3 is 0 Å². The van der Waals surface area contributed by atoms with Gasteiger partial charge in [0.2, 0.25) is 0 Å². The number of benzene rings is 3. The minimum Gasteiger partial charge on any atom is -0.492 e. The summed E-state index contributed by atoms with van der Waals surface area (Å²) in [6, 6.07) is 22.4. The van der Waals surface area contributed by atoms with Gasteiger partial charge in [-0.05, 0) is 55.8 Å². The third-order valence-corrected chi connectivity index (χ3v) is 5.07. The van der Waals surface area contributed by atoms with E-state index in [-0.39, 0.29) is 0 Å². The maximum Gasteiger partial charge on any atom is 0.141 e. The Balaban J connectivity index is 1.63. The Morgan fingerprint density at radius 2 is 1.81 bits per heavy atom. The predicted octanol–water partition coefficient (Wildman–Crippen LogP) is 6.05. The van der Waals surface area contributed by atoms with E-state index in [1.165, 1.54) is 5.56 Å². The van der Waals surface area contributed by atoms with Gasteiger partial charge in [-0.25, -0.2) is 4.98 Å². The first-order chi connectivity index (χ1) is 13.1. The van der Waals surface area contributed by atoms with Crippen molar-refractivity contribution >= 4 is 22.6 Å². The number of hydrogen-bond acceptors (Lipinski definition) is 2. The summed E-state index contributed by atoms with van der Waals surface area (Å²) in [7, 11) is 0. The van der Waals surface area contributed by atoms with Crippen LogP contribution in [0.5, 0.6) is 5.75 Å². The van der Waals surface area contributed by atoms with Crippen LogP contribution in [-0.4, -0.2) is 16.2 Å². The first kappa shape index (κ1) is 17.6. The van der Waals surface area contributed by atoms with Crippen molar-refractivity contribution in [1.29, 1.82) is 0 Å². The lowest BCUT2D eigenvalue weighted by atomic mass is 10.1. The zero-order valence-electron chi connectivity index (χ0n) is 15.4. The van der Waals surface area contributed by atoms with E-state index in [1.54, 1.807) is 0 Å². The summed E-state index contributed by atoms with van der Waals surface area (Å²) < 4.78 is 8.20. The van der Waals surface area contributed by atoms with Gasteiger partial charge in [-0.3, -0.25) is 0 Å². The number of aromatic nitrogens is 2. The molecule has 0 unspecified atom stereocenters. The van der Waals surface area contributed by atoms with Crippen LogP contribution in [0.1, 0.15) is 11.1 Å². The van der Waals surface area contributed by atoms with Crippen LogP contribution in [0.15, 0.2) is 66.7 Å². The Bertz CT molecular complexity index is 1100. The lowest BCUT2D eigenvalue weighted by molar-refractivity contribution is 0.300. The Morgan fingerprint density at radius 1 is 0.963 bits per heavy atom.